The predicted octanol–water partition coefficient (Wildman–Crippen LogP) is 10.5. The van der Waals surface area contributed by atoms with Crippen LogP contribution in [0.25, 0.3) is 11.1 Å². The van der Waals surface area contributed by atoms with Crippen LogP contribution in [0.4, 0.5) is 0 Å². The number of rotatable bonds is 4. The molecular formula is C39H42Zr-4. The van der Waals surface area contributed by atoms with Crippen LogP contribution in [0.5, 0.6) is 0 Å². The van der Waals surface area contributed by atoms with Gasteiger partial charge in [-0.05, 0) is 6.42 Å². The van der Waals surface area contributed by atoms with Crippen molar-refractivity contribution < 1.29 is 24.2 Å². The summed E-state index contributed by atoms with van der Waals surface area (Å²) in [6.45, 7) is 11.4. The molecule has 5 aromatic rings. The van der Waals surface area contributed by atoms with E-state index in [1.165, 1.54) is 73.7 Å². The molecule has 0 bridgehead atoms. The van der Waals surface area contributed by atoms with Crippen molar-refractivity contribution in [1.82, 2.24) is 0 Å². The smallest absolute Gasteiger partial charge is 0.0253 e. The van der Waals surface area contributed by atoms with Crippen LogP contribution in [0, 0.1) is 19.9 Å². The van der Waals surface area contributed by atoms with Gasteiger partial charge in [-0.15, -0.1) is 5.56 Å². The van der Waals surface area contributed by atoms with E-state index in [-0.39, 0.29) is 0 Å². The van der Waals surface area contributed by atoms with E-state index in [2.05, 4.69) is 131 Å². The zero-order chi connectivity index (χ0) is 28.8. The number of fused-ring (bicyclic) bond motifs is 3. The van der Waals surface area contributed by atoms with E-state index in [4.69, 9.17) is 0 Å². The van der Waals surface area contributed by atoms with E-state index >= 15 is 0 Å². The molecule has 1 heteroatoms. The zero-order valence-electron chi connectivity index (χ0n) is 24.2. The van der Waals surface area contributed by atoms with Crippen molar-refractivity contribution in [2.75, 3.05) is 0 Å². The summed E-state index contributed by atoms with van der Waals surface area (Å²) in [5.41, 5.74) is 8.17. The van der Waals surface area contributed by atoms with Gasteiger partial charge in [-0.25, -0.2) is 12.1 Å². The van der Waals surface area contributed by atoms with Crippen molar-refractivity contribution in [1.29, 1.82) is 0 Å². The second-order valence-corrected chi connectivity index (χ2v) is 10.4. The van der Waals surface area contributed by atoms with Gasteiger partial charge in [0.2, 0.25) is 0 Å². The third-order valence-corrected chi connectivity index (χ3v) is 7.42. The maximum atomic E-state index is 3.60. The Bertz CT molecular complexity index is 1190. The first-order chi connectivity index (χ1) is 19.7. The Labute approximate surface area is 258 Å². The summed E-state index contributed by atoms with van der Waals surface area (Å²) >= 11 is 1.46. The Morgan fingerprint density at radius 3 is 1.62 bits per heavy atom. The molecule has 0 atom stereocenters. The Hall–Kier alpha value is -3.02. The van der Waals surface area contributed by atoms with Crippen LogP contribution < -0.4 is 0 Å². The average Bonchev–Trinajstić information content (AvgIpc) is 3.74. The minimum atomic E-state index is 1.05. The molecule has 1 aliphatic carbocycles. The minimum absolute atomic E-state index is 1.05. The molecule has 0 aliphatic heterocycles. The standard InChI is InChI=1S/C13H9.C13H10.C5H5.2C4H9.Zr/c1-3-7-12-10(5-1)9-11-6-2-4-8-13(11)12;1-3-7-12(8-4-1)11-13-9-5-2-6-10-13;1-2-4-5-3-1;2*1-3-4-2;/h1-5,7-8H,9H2;1-10H;1-5H;2*1,3-4H2,2H3;/q-1;;3*-1;. The van der Waals surface area contributed by atoms with Gasteiger partial charge in [0.1, 0.15) is 0 Å². The zero-order valence-corrected chi connectivity index (χ0v) is 26.6. The largest absolute Gasteiger partial charge is 0.214 e. The molecule has 0 amide bonds. The fourth-order valence-electron chi connectivity index (χ4n) is 3.69. The molecule has 0 fully saturated rings. The number of hydrogen-bond acceptors (Lipinski definition) is 0. The van der Waals surface area contributed by atoms with Crippen molar-refractivity contribution in [3.63, 3.8) is 0 Å². The van der Waals surface area contributed by atoms with E-state index in [9.17, 15) is 0 Å². The summed E-state index contributed by atoms with van der Waals surface area (Å²) in [7, 11) is 0. The average molecular weight is 602 g/mol. The van der Waals surface area contributed by atoms with Crippen molar-refractivity contribution >= 4 is 3.21 Å². The van der Waals surface area contributed by atoms with Crippen LogP contribution in [-0.2, 0) is 30.7 Å². The fraction of sp³-hybridized carbons (Fsp3) is 0.179. The summed E-state index contributed by atoms with van der Waals surface area (Å²) in [6.07, 6.45) is 5.60. The molecule has 40 heavy (non-hydrogen) atoms. The molecular weight excluding hydrogens is 560 g/mol. The fourth-order valence-corrected chi connectivity index (χ4v) is 4.51. The summed E-state index contributed by atoms with van der Waals surface area (Å²) in [4.78, 5) is 0. The molecule has 0 saturated carbocycles. The first-order valence-corrected chi connectivity index (χ1v) is 15.4. The van der Waals surface area contributed by atoms with Crippen molar-refractivity contribution in [3.8, 4) is 11.1 Å². The summed E-state index contributed by atoms with van der Waals surface area (Å²) < 4.78 is 1.42. The van der Waals surface area contributed by atoms with E-state index in [1.54, 1.807) is 0 Å². The second kappa shape index (κ2) is 20.8. The van der Waals surface area contributed by atoms with Gasteiger partial charge < -0.3 is 13.8 Å². The first kappa shape index (κ1) is 33.2. The normalized spacial score (nSPS) is 9.88. The Balaban J connectivity index is 0.000000197. The van der Waals surface area contributed by atoms with Crippen molar-refractivity contribution in [3.05, 3.63) is 176 Å². The van der Waals surface area contributed by atoms with Gasteiger partial charge in [-0.2, -0.15) is 60.9 Å². The quantitative estimate of drug-likeness (QED) is 0.176. The van der Waals surface area contributed by atoms with E-state index < -0.39 is 0 Å². The topological polar surface area (TPSA) is 0 Å². The monoisotopic (exact) mass is 600 g/mol. The van der Waals surface area contributed by atoms with Crippen molar-refractivity contribution in [2.45, 2.75) is 46.0 Å². The van der Waals surface area contributed by atoms with Gasteiger partial charge in [0.05, 0.1) is 0 Å². The number of hydrogen-bond donors (Lipinski definition) is 0. The molecule has 206 valence electrons. The molecule has 0 saturated heterocycles. The van der Waals surface area contributed by atoms with Gasteiger partial charge in [0, 0.05) is 0 Å². The molecule has 1 aliphatic rings. The summed E-state index contributed by atoms with van der Waals surface area (Å²) in [6, 6.07) is 49.2. The van der Waals surface area contributed by atoms with Gasteiger partial charge in [0.15, 0.2) is 0 Å². The third-order valence-electron chi connectivity index (χ3n) is 6.00. The molecule has 0 aromatic heterocycles. The maximum Gasteiger partial charge on any atom is -0.0253 e. The van der Waals surface area contributed by atoms with Gasteiger partial charge in [0.25, 0.3) is 0 Å². The third kappa shape index (κ3) is 12.0. The molecule has 0 heterocycles. The molecule has 0 unspecified atom stereocenters. The molecule has 5 aromatic carbocycles. The van der Waals surface area contributed by atoms with Crippen LogP contribution in [0.15, 0.2) is 133 Å². The SMILES string of the molecule is [CH2-]CCC.[CH2-]CCC.[Zr]=[C](c1ccccc1)c1ccccc1.[c-]1cccc2c1Cc1ccccc1-2.c1cc[cH-]c1. The number of unbranched alkanes of at least 4 members (excludes halogenated alkanes) is 2. The Morgan fingerprint density at radius 1 is 0.675 bits per heavy atom. The van der Waals surface area contributed by atoms with Crippen LogP contribution in [0.2, 0.25) is 0 Å². The molecule has 0 radical (unpaired) electrons. The summed E-state index contributed by atoms with van der Waals surface area (Å²) in [5, 5.41) is 0. The number of benzene rings is 4. The van der Waals surface area contributed by atoms with Crippen LogP contribution in [0.1, 0.15) is 61.8 Å². The molecule has 0 nitrogen and oxygen atoms in total. The molecule has 6 rings (SSSR count). The van der Waals surface area contributed by atoms with Gasteiger partial charge in [-0.3, -0.25) is 0 Å². The van der Waals surface area contributed by atoms with Gasteiger partial charge in [-0.1, -0.05) is 62.1 Å². The second-order valence-electron chi connectivity index (χ2n) is 9.17. The predicted molar refractivity (Wildman–Crippen MR) is 172 cm³/mol. The van der Waals surface area contributed by atoms with Gasteiger partial charge >= 0.3 is 99.2 Å². The van der Waals surface area contributed by atoms with Crippen LogP contribution in [-0.4, -0.2) is 3.21 Å². The molecule has 0 N–H and O–H groups in total. The van der Waals surface area contributed by atoms with Crippen molar-refractivity contribution in [2.24, 2.45) is 0 Å². The Kier molecular flexibility index (Phi) is 17.3. The Morgan fingerprint density at radius 2 is 1.15 bits per heavy atom. The summed E-state index contributed by atoms with van der Waals surface area (Å²) in [5.74, 6) is 0. The maximum absolute atomic E-state index is 3.60. The van der Waals surface area contributed by atoms with Crippen LogP contribution >= 0.6 is 0 Å². The van der Waals surface area contributed by atoms with E-state index in [0.29, 0.717) is 0 Å². The van der Waals surface area contributed by atoms with E-state index in [1.807, 2.05) is 36.4 Å². The minimum Gasteiger partial charge on any atom is -0.214 e. The molecule has 0 spiro atoms. The van der Waals surface area contributed by atoms with E-state index in [0.717, 1.165) is 19.3 Å². The van der Waals surface area contributed by atoms with Crippen LogP contribution in [0.3, 0.4) is 0 Å². The first-order valence-electron chi connectivity index (χ1n) is 14.2.